The summed E-state index contributed by atoms with van der Waals surface area (Å²) in [6, 6.07) is 1.68. The van der Waals surface area contributed by atoms with Crippen LogP contribution in [0.1, 0.15) is 28.2 Å². The lowest BCUT2D eigenvalue weighted by Crippen LogP contribution is -2.26. The lowest BCUT2D eigenvalue weighted by atomic mass is 10.0. The van der Waals surface area contributed by atoms with Crippen molar-refractivity contribution in [1.29, 1.82) is 0 Å². The Hall–Kier alpha value is -0.970. The van der Waals surface area contributed by atoms with Crippen LogP contribution in [0.15, 0.2) is 6.07 Å². The number of carboxylic acids is 1. The number of aliphatic carboxylic acids is 1. The Bertz CT molecular complexity index is 459. The van der Waals surface area contributed by atoms with Gasteiger partial charge in [-0.25, -0.2) is 8.78 Å². The highest BCUT2D eigenvalue weighted by Crippen LogP contribution is 2.63. The molecule has 1 saturated carbocycles. The Labute approximate surface area is 94.9 Å². The number of hydrogen-bond donors (Lipinski definition) is 1. The van der Waals surface area contributed by atoms with Crippen LogP contribution >= 0.6 is 11.3 Å². The summed E-state index contributed by atoms with van der Waals surface area (Å²) >= 11 is 1.26. The Kier molecular flexibility index (Phi) is 1.80. The predicted molar refractivity (Wildman–Crippen MR) is 55.2 cm³/mol. The Balaban J connectivity index is 2.06. The highest BCUT2D eigenvalue weighted by Gasteiger charge is 2.78. The van der Waals surface area contributed by atoms with Crippen LogP contribution in [0.3, 0.4) is 0 Å². The average molecular weight is 244 g/mol. The third-order valence-corrected chi connectivity index (χ3v) is 4.92. The molecule has 1 N–H and O–H groups in total. The van der Waals surface area contributed by atoms with Crippen LogP contribution < -0.4 is 0 Å². The van der Waals surface area contributed by atoms with E-state index in [1.54, 1.807) is 6.07 Å². The summed E-state index contributed by atoms with van der Waals surface area (Å²) in [4.78, 5) is 12.5. The van der Waals surface area contributed by atoms with Crippen molar-refractivity contribution in [3.63, 3.8) is 0 Å². The van der Waals surface area contributed by atoms with E-state index in [-0.39, 0.29) is 0 Å². The van der Waals surface area contributed by atoms with E-state index in [4.69, 9.17) is 5.11 Å². The minimum atomic E-state index is -3.07. The molecule has 0 radical (unpaired) electrons. The molecule has 0 amide bonds. The van der Waals surface area contributed by atoms with Crippen LogP contribution in [-0.2, 0) is 23.1 Å². The molecule has 2 aliphatic rings. The number of thiophene rings is 1. The smallest absolute Gasteiger partial charge is 0.321 e. The molecule has 1 unspecified atom stereocenters. The molecule has 1 atom stereocenters. The molecule has 2 aliphatic carbocycles. The molecule has 2 nitrogen and oxygen atoms in total. The van der Waals surface area contributed by atoms with Gasteiger partial charge in [0.2, 0.25) is 0 Å². The fraction of sp³-hybridized carbons (Fsp3) is 0.545. The van der Waals surface area contributed by atoms with Crippen LogP contribution in [0.25, 0.3) is 0 Å². The molecule has 0 bridgehead atoms. The number of carboxylic acid groups (broad SMARTS) is 1. The van der Waals surface area contributed by atoms with Gasteiger partial charge in [0.15, 0.2) is 5.41 Å². The van der Waals surface area contributed by atoms with Crippen molar-refractivity contribution in [3.8, 4) is 0 Å². The summed E-state index contributed by atoms with van der Waals surface area (Å²) in [7, 11) is 0. The maximum atomic E-state index is 13.3. The normalized spacial score (nSPS) is 30.1. The van der Waals surface area contributed by atoms with Gasteiger partial charge in [-0.05, 0) is 30.9 Å². The molecule has 3 rings (SSSR count). The molecule has 0 aromatic carbocycles. The number of aryl methyl sites for hydroxylation is 2. The third kappa shape index (κ3) is 1.07. The molecule has 16 heavy (non-hydrogen) atoms. The number of hydrogen-bond acceptors (Lipinski definition) is 2. The van der Waals surface area contributed by atoms with Crippen molar-refractivity contribution in [2.75, 3.05) is 0 Å². The number of alkyl halides is 2. The zero-order chi connectivity index (χ0) is 11.6. The number of fused-ring (bicyclic) bond motifs is 1. The summed E-state index contributed by atoms with van der Waals surface area (Å²) in [6.07, 6.45) is 2.31. The second-order valence-electron chi connectivity index (χ2n) is 4.50. The van der Waals surface area contributed by atoms with E-state index in [0.717, 1.165) is 29.7 Å². The molecule has 5 heteroatoms. The third-order valence-electron chi connectivity index (χ3n) is 3.52. The Morgan fingerprint density at radius 2 is 2.12 bits per heavy atom. The molecular weight excluding hydrogens is 234 g/mol. The Morgan fingerprint density at radius 3 is 2.62 bits per heavy atom. The van der Waals surface area contributed by atoms with E-state index < -0.39 is 23.7 Å². The lowest BCUT2D eigenvalue weighted by Gasteiger charge is -2.08. The van der Waals surface area contributed by atoms with Crippen molar-refractivity contribution < 1.29 is 18.7 Å². The van der Waals surface area contributed by atoms with Crippen LogP contribution in [0.4, 0.5) is 8.78 Å². The van der Waals surface area contributed by atoms with Gasteiger partial charge < -0.3 is 5.11 Å². The second kappa shape index (κ2) is 2.83. The largest absolute Gasteiger partial charge is 0.480 e. The van der Waals surface area contributed by atoms with Gasteiger partial charge in [0, 0.05) is 16.2 Å². The first-order valence-corrected chi connectivity index (χ1v) is 6.02. The topological polar surface area (TPSA) is 37.3 Å². The van der Waals surface area contributed by atoms with E-state index >= 15 is 0 Å². The van der Waals surface area contributed by atoms with E-state index in [1.165, 1.54) is 11.3 Å². The van der Waals surface area contributed by atoms with Crippen LogP contribution in [0.5, 0.6) is 0 Å². The molecule has 0 aliphatic heterocycles. The zero-order valence-electron chi connectivity index (χ0n) is 8.43. The van der Waals surface area contributed by atoms with Crippen molar-refractivity contribution in [3.05, 3.63) is 21.4 Å². The molecule has 0 spiro atoms. The number of rotatable bonds is 2. The van der Waals surface area contributed by atoms with Gasteiger partial charge in [-0.1, -0.05) is 0 Å². The van der Waals surface area contributed by atoms with Crippen LogP contribution in [0.2, 0.25) is 0 Å². The molecular formula is C11H10F2O2S. The summed E-state index contributed by atoms with van der Waals surface area (Å²) in [5.74, 6) is -4.46. The predicted octanol–water partition coefficient (Wildman–Crippen LogP) is 2.60. The van der Waals surface area contributed by atoms with Crippen LogP contribution in [0, 0.1) is 0 Å². The van der Waals surface area contributed by atoms with Gasteiger partial charge in [0.05, 0.1) is 0 Å². The quantitative estimate of drug-likeness (QED) is 0.868. The van der Waals surface area contributed by atoms with Crippen molar-refractivity contribution in [2.45, 2.75) is 37.0 Å². The van der Waals surface area contributed by atoms with Gasteiger partial charge in [-0.15, -0.1) is 11.3 Å². The summed E-state index contributed by atoms with van der Waals surface area (Å²) < 4.78 is 26.6. The maximum Gasteiger partial charge on any atom is 0.321 e. The first kappa shape index (κ1) is 10.2. The fourth-order valence-electron chi connectivity index (χ4n) is 2.43. The van der Waals surface area contributed by atoms with E-state index in [9.17, 15) is 13.6 Å². The fourth-order valence-corrected chi connectivity index (χ4v) is 3.92. The SMILES string of the molecule is O=C(O)C1(c2cc3c(s2)CCC3)CC1(F)F. The van der Waals surface area contributed by atoms with Gasteiger partial charge in [-0.2, -0.15) is 0 Å². The zero-order valence-corrected chi connectivity index (χ0v) is 9.24. The summed E-state index contributed by atoms with van der Waals surface area (Å²) in [5.41, 5.74) is -0.842. The van der Waals surface area contributed by atoms with Crippen molar-refractivity contribution in [2.24, 2.45) is 0 Å². The molecule has 1 heterocycles. The molecule has 86 valence electrons. The van der Waals surface area contributed by atoms with Gasteiger partial charge >= 0.3 is 5.97 Å². The van der Waals surface area contributed by atoms with E-state index in [1.807, 2.05) is 0 Å². The first-order chi connectivity index (χ1) is 7.47. The lowest BCUT2D eigenvalue weighted by molar-refractivity contribution is -0.142. The summed E-state index contributed by atoms with van der Waals surface area (Å²) in [6.45, 7) is 0. The van der Waals surface area contributed by atoms with E-state index in [2.05, 4.69) is 0 Å². The minimum absolute atomic E-state index is 0.342. The average Bonchev–Trinajstić information content (AvgIpc) is 2.52. The molecule has 1 aromatic rings. The van der Waals surface area contributed by atoms with Gasteiger partial charge in [-0.3, -0.25) is 4.79 Å². The van der Waals surface area contributed by atoms with Crippen LogP contribution in [-0.4, -0.2) is 17.0 Å². The number of halogens is 2. The highest BCUT2D eigenvalue weighted by atomic mass is 32.1. The van der Waals surface area contributed by atoms with Crippen molar-refractivity contribution in [1.82, 2.24) is 0 Å². The summed E-state index contributed by atoms with van der Waals surface area (Å²) in [5, 5.41) is 9.01. The first-order valence-electron chi connectivity index (χ1n) is 5.21. The Morgan fingerprint density at radius 1 is 1.44 bits per heavy atom. The van der Waals surface area contributed by atoms with E-state index in [0.29, 0.717) is 4.88 Å². The van der Waals surface area contributed by atoms with Gasteiger partial charge in [0.25, 0.3) is 5.92 Å². The second-order valence-corrected chi connectivity index (χ2v) is 5.64. The minimum Gasteiger partial charge on any atom is -0.480 e. The van der Waals surface area contributed by atoms with Crippen molar-refractivity contribution >= 4 is 17.3 Å². The maximum absolute atomic E-state index is 13.3. The standard InChI is InChI=1S/C11H10F2O2S/c12-11(13)5-10(11,9(14)15)8-4-6-2-1-3-7(6)16-8/h4H,1-3,5H2,(H,14,15). The number of carbonyl (C=O) groups is 1. The molecule has 0 saturated heterocycles. The highest BCUT2D eigenvalue weighted by molar-refractivity contribution is 7.12. The monoisotopic (exact) mass is 244 g/mol. The molecule has 1 aromatic heterocycles. The molecule has 1 fully saturated rings. The van der Waals surface area contributed by atoms with Gasteiger partial charge in [0.1, 0.15) is 0 Å².